The SMILES string of the molecule is CCc1nccn1CC1CCN(Cc2cc(C)ccc2C)CC1. The van der Waals surface area contributed by atoms with Gasteiger partial charge in [-0.2, -0.15) is 0 Å². The summed E-state index contributed by atoms with van der Waals surface area (Å²) in [7, 11) is 0. The number of hydrogen-bond acceptors (Lipinski definition) is 2. The first-order chi connectivity index (χ1) is 11.2. The van der Waals surface area contributed by atoms with Gasteiger partial charge in [0.05, 0.1) is 0 Å². The average Bonchev–Trinajstić information content (AvgIpc) is 3.00. The van der Waals surface area contributed by atoms with Gasteiger partial charge >= 0.3 is 0 Å². The van der Waals surface area contributed by atoms with Crippen molar-refractivity contribution in [3.8, 4) is 0 Å². The first-order valence-corrected chi connectivity index (χ1v) is 8.94. The molecule has 23 heavy (non-hydrogen) atoms. The summed E-state index contributed by atoms with van der Waals surface area (Å²) in [5.74, 6) is 2.02. The number of aryl methyl sites for hydroxylation is 3. The summed E-state index contributed by atoms with van der Waals surface area (Å²) in [4.78, 5) is 7.06. The van der Waals surface area contributed by atoms with E-state index in [1.165, 1.54) is 48.4 Å². The lowest BCUT2D eigenvalue weighted by Crippen LogP contribution is -2.34. The maximum atomic E-state index is 4.44. The molecule has 0 atom stereocenters. The molecule has 3 rings (SSSR count). The van der Waals surface area contributed by atoms with E-state index in [2.05, 4.69) is 59.6 Å². The molecular formula is C20H29N3. The first-order valence-electron chi connectivity index (χ1n) is 8.94. The highest BCUT2D eigenvalue weighted by Gasteiger charge is 2.20. The third-order valence-corrected chi connectivity index (χ3v) is 5.18. The van der Waals surface area contributed by atoms with Crippen molar-refractivity contribution in [1.82, 2.24) is 14.5 Å². The first kappa shape index (κ1) is 16.3. The zero-order valence-electron chi connectivity index (χ0n) is 14.8. The Morgan fingerprint density at radius 3 is 2.70 bits per heavy atom. The summed E-state index contributed by atoms with van der Waals surface area (Å²) >= 11 is 0. The van der Waals surface area contributed by atoms with Gasteiger partial charge in [0.15, 0.2) is 0 Å². The molecule has 1 saturated heterocycles. The molecule has 3 heteroatoms. The van der Waals surface area contributed by atoms with Crippen LogP contribution in [0.1, 0.15) is 42.3 Å². The summed E-state index contributed by atoms with van der Waals surface area (Å²) in [6, 6.07) is 6.81. The Morgan fingerprint density at radius 1 is 1.17 bits per heavy atom. The molecule has 2 heterocycles. The van der Waals surface area contributed by atoms with Crippen molar-refractivity contribution in [1.29, 1.82) is 0 Å². The standard InChI is InChI=1S/C20H29N3/c1-4-20-21-9-12-23(20)14-18-7-10-22(11-8-18)15-19-13-16(2)5-6-17(19)3/h5-6,9,12-13,18H,4,7-8,10-11,14-15H2,1-3H3. The second-order valence-electron chi connectivity index (χ2n) is 7.00. The van der Waals surface area contributed by atoms with Crippen molar-refractivity contribution in [3.05, 3.63) is 53.1 Å². The minimum absolute atomic E-state index is 0.796. The lowest BCUT2D eigenvalue weighted by molar-refractivity contribution is 0.166. The summed E-state index contributed by atoms with van der Waals surface area (Å²) in [6.07, 6.45) is 7.70. The third-order valence-electron chi connectivity index (χ3n) is 5.18. The zero-order valence-corrected chi connectivity index (χ0v) is 14.8. The minimum atomic E-state index is 0.796. The minimum Gasteiger partial charge on any atom is -0.335 e. The van der Waals surface area contributed by atoms with Crippen LogP contribution in [-0.4, -0.2) is 27.5 Å². The molecule has 1 aromatic heterocycles. The molecule has 0 amide bonds. The average molecular weight is 311 g/mol. The second-order valence-corrected chi connectivity index (χ2v) is 7.00. The molecule has 1 fully saturated rings. The number of nitrogens with zero attached hydrogens (tertiary/aromatic N) is 3. The van der Waals surface area contributed by atoms with Crippen LogP contribution >= 0.6 is 0 Å². The van der Waals surface area contributed by atoms with Gasteiger partial charge in [-0.3, -0.25) is 4.90 Å². The largest absolute Gasteiger partial charge is 0.335 e. The summed E-state index contributed by atoms with van der Waals surface area (Å²) in [5, 5.41) is 0. The van der Waals surface area contributed by atoms with E-state index in [1.807, 2.05) is 6.20 Å². The van der Waals surface area contributed by atoms with Gasteiger partial charge in [-0.25, -0.2) is 4.98 Å². The predicted octanol–water partition coefficient (Wildman–Crippen LogP) is 3.97. The van der Waals surface area contributed by atoms with E-state index in [0.29, 0.717) is 0 Å². The van der Waals surface area contributed by atoms with E-state index >= 15 is 0 Å². The van der Waals surface area contributed by atoms with Crippen LogP contribution < -0.4 is 0 Å². The fraction of sp³-hybridized carbons (Fsp3) is 0.550. The van der Waals surface area contributed by atoms with Crippen LogP contribution in [0.15, 0.2) is 30.6 Å². The molecule has 1 aliphatic heterocycles. The van der Waals surface area contributed by atoms with Gasteiger partial charge in [-0.15, -0.1) is 0 Å². The van der Waals surface area contributed by atoms with E-state index in [9.17, 15) is 0 Å². The molecule has 0 saturated carbocycles. The Labute approximate surface area is 140 Å². The van der Waals surface area contributed by atoms with Crippen molar-refractivity contribution in [3.63, 3.8) is 0 Å². The topological polar surface area (TPSA) is 21.1 Å². The van der Waals surface area contributed by atoms with Crippen LogP contribution in [0, 0.1) is 19.8 Å². The van der Waals surface area contributed by atoms with Crippen LogP contribution in [0.2, 0.25) is 0 Å². The Kier molecular flexibility index (Phi) is 5.16. The van der Waals surface area contributed by atoms with E-state index in [-0.39, 0.29) is 0 Å². The van der Waals surface area contributed by atoms with E-state index < -0.39 is 0 Å². The van der Waals surface area contributed by atoms with Crippen LogP contribution in [-0.2, 0) is 19.5 Å². The normalized spacial score (nSPS) is 16.8. The molecule has 1 aliphatic rings. The monoisotopic (exact) mass is 311 g/mol. The van der Waals surface area contributed by atoms with Crippen molar-refractivity contribution >= 4 is 0 Å². The van der Waals surface area contributed by atoms with Crippen molar-refractivity contribution < 1.29 is 0 Å². The molecular weight excluding hydrogens is 282 g/mol. The molecule has 0 radical (unpaired) electrons. The second kappa shape index (κ2) is 7.31. The summed E-state index contributed by atoms with van der Waals surface area (Å²) < 4.78 is 2.35. The molecule has 0 N–H and O–H groups in total. The van der Waals surface area contributed by atoms with Gasteiger partial charge in [0, 0.05) is 31.9 Å². The Morgan fingerprint density at radius 2 is 1.96 bits per heavy atom. The number of aromatic nitrogens is 2. The van der Waals surface area contributed by atoms with Gasteiger partial charge in [0.25, 0.3) is 0 Å². The molecule has 2 aromatic rings. The van der Waals surface area contributed by atoms with E-state index in [0.717, 1.165) is 25.4 Å². The van der Waals surface area contributed by atoms with Crippen LogP contribution in [0.4, 0.5) is 0 Å². The highest BCUT2D eigenvalue weighted by Crippen LogP contribution is 2.22. The van der Waals surface area contributed by atoms with E-state index in [4.69, 9.17) is 0 Å². The highest BCUT2D eigenvalue weighted by atomic mass is 15.1. The number of hydrogen-bond donors (Lipinski definition) is 0. The van der Waals surface area contributed by atoms with Crippen LogP contribution in [0.5, 0.6) is 0 Å². The van der Waals surface area contributed by atoms with E-state index in [1.54, 1.807) is 0 Å². The number of imidazole rings is 1. The Bertz CT molecular complexity index is 636. The number of rotatable bonds is 5. The maximum Gasteiger partial charge on any atom is 0.108 e. The van der Waals surface area contributed by atoms with Crippen molar-refractivity contribution in [2.45, 2.75) is 53.1 Å². The van der Waals surface area contributed by atoms with Gasteiger partial charge in [-0.1, -0.05) is 30.7 Å². The van der Waals surface area contributed by atoms with Gasteiger partial charge in [0.2, 0.25) is 0 Å². The Hall–Kier alpha value is -1.61. The van der Waals surface area contributed by atoms with Crippen LogP contribution in [0.3, 0.4) is 0 Å². The summed E-state index contributed by atoms with van der Waals surface area (Å²) in [6.45, 7) is 11.3. The molecule has 0 spiro atoms. The van der Waals surface area contributed by atoms with Gasteiger partial charge in [-0.05, 0) is 56.8 Å². The number of benzene rings is 1. The quantitative estimate of drug-likeness (QED) is 0.833. The highest BCUT2D eigenvalue weighted by molar-refractivity contribution is 5.30. The Balaban J connectivity index is 1.53. The molecule has 0 bridgehead atoms. The molecule has 124 valence electrons. The van der Waals surface area contributed by atoms with Crippen molar-refractivity contribution in [2.75, 3.05) is 13.1 Å². The number of likely N-dealkylation sites (tertiary alicyclic amines) is 1. The predicted molar refractivity (Wildman–Crippen MR) is 95.5 cm³/mol. The maximum absolute atomic E-state index is 4.44. The zero-order chi connectivity index (χ0) is 16.2. The van der Waals surface area contributed by atoms with Crippen molar-refractivity contribution in [2.24, 2.45) is 5.92 Å². The molecule has 0 unspecified atom stereocenters. The third kappa shape index (κ3) is 4.03. The lowest BCUT2D eigenvalue weighted by Gasteiger charge is -2.32. The lowest BCUT2D eigenvalue weighted by atomic mass is 9.95. The van der Waals surface area contributed by atoms with Gasteiger partial charge < -0.3 is 4.57 Å². The fourth-order valence-corrected chi connectivity index (χ4v) is 3.64. The molecule has 3 nitrogen and oxygen atoms in total. The molecule has 1 aromatic carbocycles. The molecule has 0 aliphatic carbocycles. The fourth-order valence-electron chi connectivity index (χ4n) is 3.64. The van der Waals surface area contributed by atoms with Crippen LogP contribution in [0.25, 0.3) is 0 Å². The summed E-state index contributed by atoms with van der Waals surface area (Å²) in [5.41, 5.74) is 4.28. The number of piperidine rings is 1. The van der Waals surface area contributed by atoms with Gasteiger partial charge in [0.1, 0.15) is 5.82 Å². The smallest absolute Gasteiger partial charge is 0.108 e.